The summed E-state index contributed by atoms with van der Waals surface area (Å²) in [6, 6.07) is 0. The van der Waals surface area contributed by atoms with Crippen LogP contribution in [-0.4, -0.2) is 24.1 Å². The van der Waals surface area contributed by atoms with Gasteiger partial charge in [-0.1, -0.05) is 18.5 Å². The first-order chi connectivity index (χ1) is 4.68. The number of methoxy groups -OCH3 is 1. The molecular formula is C7H15NO2. The number of hydrogen-bond donors (Lipinski definition) is 1. The number of nitrogens with zero attached hydrogens (tertiary/aromatic N) is 1. The molecule has 0 radical (unpaired) electrons. The van der Waals surface area contributed by atoms with Crippen LogP contribution in [-0.2, 0) is 4.74 Å². The van der Waals surface area contributed by atoms with E-state index >= 15 is 0 Å². The fourth-order valence-corrected chi connectivity index (χ4v) is 0.838. The second-order valence-corrected chi connectivity index (χ2v) is 2.51. The molecule has 0 saturated heterocycles. The molecule has 0 aliphatic carbocycles. The van der Waals surface area contributed by atoms with Gasteiger partial charge in [0.15, 0.2) is 0 Å². The normalized spacial score (nSPS) is 17.5. The van der Waals surface area contributed by atoms with Crippen LogP contribution in [0, 0.1) is 0 Å². The molecule has 1 N–H and O–H groups in total. The standard InChI is InChI=1S/C7H15NO2/c1-4-5-7(2,10-3)6-8-9/h6,9H,4-5H2,1-3H3/b8-6+/t7-/m0/s1. The zero-order valence-electron chi connectivity index (χ0n) is 6.79. The molecule has 0 aromatic rings. The Bertz CT molecular complexity index is 114. The Morgan fingerprint density at radius 3 is 2.60 bits per heavy atom. The van der Waals surface area contributed by atoms with Gasteiger partial charge in [-0.25, -0.2) is 0 Å². The Morgan fingerprint density at radius 1 is 1.70 bits per heavy atom. The molecule has 10 heavy (non-hydrogen) atoms. The highest BCUT2D eigenvalue weighted by molar-refractivity contribution is 5.67. The average Bonchev–Trinajstić information content (AvgIpc) is 1.89. The van der Waals surface area contributed by atoms with Crippen molar-refractivity contribution >= 4 is 6.21 Å². The predicted octanol–water partition coefficient (Wildman–Crippen LogP) is 1.65. The lowest BCUT2D eigenvalue weighted by atomic mass is 10.0. The average molecular weight is 145 g/mol. The Balaban J connectivity index is 3.94. The van der Waals surface area contributed by atoms with E-state index in [4.69, 9.17) is 9.94 Å². The minimum atomic E-state index is -0.399. The highest BCUT2D eigenvalue weighted by Crippen LogP contribution is 2.13. The molecule has 0 heterocycles. The van der Waals surface area contributed by atoms with Gasteiger partial charge in [-0.2, -0.15) is 0 Å². The van der Waals surface area contributed by atoms with Crippen LogP contribution in [0.25, 0.3) is 0 Å². The Morgan fingerprint density at radius 2 is 2.30 bits per heavy atom. The van der Waals surface area contributed by atoms with Gasteiger partial charge in [0.05, 0.1) is 6.21 Å². The van der Waals surface area contributed by atoms with Crippen LogP contribution in [0.15, 0.2) is 5.16 Å². The smallest absolute Gasteiger partial charge is 0.103 e. The molecule has 3 heteroatoms. The summed E-state index contributed by atoms with van der Waals surface area (Å²) in [5.74, 6) is 0. The highest BCUT2D eigenvalue weighted by Gasteiger charge is 2.19. The van der Waals surface area contributed by atoms with Gasteiger partial charge in [-0.15, -0.1) is 0 Å². The molecule has 60 valence electrons. The number of ether oxygens (including phenoxy) is 1. The van der Waals surface area contributed by atoms with Gasteiger partial charge in [0.2, 0.25) is 0 Å². The van der Waals surface area contributed by atoms with Crippen molar-refractivity contribution in [2.24, 2.45) is 5.16 Å². The predicted molar refractivity (Wildman–Crippen MR) is 40.6 cm³/mol. The van der Waals surface area contributed by atoms with E-state index < -0.39 is 5.60 Å². The Labute approximate surface area is 61.7 Å². The molecule has 1 atom stereocenters. The van der Waals surface area contributed by atoms with Crippen molar-refractivity contribution in [2.45, 2.75) is 32.3 Å². The molecule has 3 nitrogen and oxygen atoms in total. The number of rotatable bonds is 4. The molecule has 0 aromatic carbocycles. The maximum Gasteiger partial charge on any atom is 0.103 e. The van der Waals surface area contributed by atoms with Crippen LogP contribution in [0.2, 0.25) is 0 Å². The van der Waals surface area contributed by atoms with Crippen molar-refractivity contribution in [3.05, 3.63) is 0 Å². The van der Waals surface area contributed by atoms with Crippen LogP contribution in [0.3, 0.4) is 0 Å². The molecule has 0 aliphatic heterocycles. The third-order valence-electron chi connectivity index (χ3n) is 1.54. The lowest BCUT2D eigenvalue weighted by Gasteiger charge is -2.21. The molecule has 0 amide bonds. The Hall–Kier alpha value is -0.570. The first-order valence-corrected chi connectivity index (χ1v) is 3.42. The molecular weight excluding hydrogens is 130 g/mol. The first-order valence-electron chi connectivity index (χ1n) is 3.42. The lowest BCUT2D eigenvalue weighted by Crippen LogP contribution is -2.28. The summed E-state index contributed by atoms with van der Waals surface area (Å²) in [5.41, 5.74) is -0.399. The third-order valence-corrected chi connectivity index (χ3v) is 1.54. The van der Waals surface area contributed by atoms with Gasteiger partial charge in [0, 0.05) is 7.11 Å². The zero-order valence-corrected chi connectivity index (χ0v) is 6.79. The summed E-state index contributed by atoms with van der Waals surface area (Å²) in [5, 5.41) is 11.2. The van der Waals surface area contributed by atoms with E-state index in [9.17, 15) is 0 Å². The van der Waals surface area contributed by atoms with Crippen molar-refractivity contribution in [3.63, 3.8) is 0 Å². The van der Waals surface area contributed by atoms with E-state index in [1.165, 1.54) is 6.21 Å². The van der Waals surface area contributed by atoms with Crippen molar-refractivity contribution in [3.8, 4) is 0 Å². The molecule has 0 spiro atoms. The zero-order chi connectivity index (χ0) is 8.04. The summed E-state index contributed by atoms with van der Waals surface area (Å²) in [7, 11) is 1.61. The van der Waals surface area contributed by atoms with Gasteiger partial charge in [0.25, 0.3) is 0 Å². The fraction of sp³-hybridized carbons (Fsp3) is 0.857. The molecule has 0 aliphatic rings. The van der Waals surface area contributed by atoms with Crippen molar-refractivity contribution in [1.29, 1.82) is 0 Å². The molecule has 0 aromatic heterocycles. The lowest BCUT2D eigenvalue weighted by molar-refractivity contribution is 0.0600. The maximum atomic E-state index is 8.25. The van der Waals surface area contributed by atoms with Gasteiger partial charge < -0.3 is 9.94 Å². The SMILES string of the molecule is CCC[C@@](C)(/C=N/O)OC. The van der Waals surface area contributed by atoms with Crippen LogP contribution in [0.4, 0.5) is 0 Å². The van der Waals surface area contributed by atoms with E-state index in [2.05, 4.69) is 12.1 Å². The summed E-state index contributed by atoms with van der Waals surface area (Å²) in [6.07, 6.45) is 3.29. The molecule has 0 fully saturated rings. The largest absolute Gasteiger partial charge is 0.411 e. The minimum Gasteiger partial charge on any atom is -0.411 e. The first kappa shape index (κ1) is 9.43. The quantitative estimate of drug-likeness (QED) is 0.371. The van der Waals surface area contributed by atoms with E-state index in [1.54, 1.807) is 7.11 Å². The summed E-state index contributed by atoms with van der Waals surface area (Å²) in [6.45, 7) is 3.94. The van der Waals surface area contributed by atoms with Crippen molar-refractivity contribution < 1.29 is 9.94 Å². The van der Waals surface area contributed by atoms with Crippen molar-refractivity contribution in [1.82, 2.24) is 0 Å². The summed E-state index contributed by atoms with van der Waals surface area (Å²) >= 11 is 0. The maximum absolute atomic E-state index is 8.25. The van der Waals surface area contributed by atoms with Gasteiger partial charge >= 0.3 is 0 Å². The van der Waals surface area contributed by atoms with E-state index in [0.29, 0.717) is 0 Å². The second kappa shape index (κ2) is 4.28. The highest BCUT2D eigenvalue weighted by atomic mass is 16.5. The van der Waals surface area contributed by atoms with Gasteiger partial charge in [-0.05, 0) is 13.3 Å². The van der Waals surface area contributed by atoms with Crippen LogP contribution < -0.4 is 0 Å². The molecule has 0 saturated carbocycles. The minimum absolute atomic E-state index is 0.399. The van der Waals surface area contributed by atoms with Gasteiger partial charge in [0.1, 0.15) is 5.60 Å². The number of hydrogen-bond acceptors (Lipinski definition) is 3. The number of oxime groups is 1. The van der Waals surface area contributed by atoms with Crippen LogP contribution in [0.5, 0.6) is 0 Å². The topological polar surface area (TPSA) is 41.8 Å². The van der Waals surface area contributed by atoms with E-state index in [0.717, 1.165) is 12.8 Å². The second-order valence-electron chi connectivity index (χ2n) is 2.51. The van der Waals surface area contributed by atoms with Crippen LogP contribution >= 0.6 is 0 Å². The van der Waals surface area contributed by atoms with E-state index in [1.807, 2.05) is 6.92 Å². The molecule has 0 unspecified atom stereocenters. The third kappa shape index (κ3) is 2.82. The van der Waals surface area contributed by atoms with Crippen LogP contribution in [0.1, 0.15) is 26.7 Å². The van der Waals surface area contributed by atoms with Crippen molar-refractivity contribution in [2.75, 3.05) is 7.11 Å². The molecule has 0 rings (SSSR count). The monoisotopic (exact) mass is 145 g/mol. The van der Waals surface area contributed by atoms with Gasteiger partial charge in [-0.3, -0.25) is 0 Å². The summed E-state index contributed by atoms with van der Waals surface area (Å²) in [4.78, 5) is 0. The Kier molecular flexibility index (Phi) is 4.03. The van der Waals surface area contributed by atoms with E-state index in [-0.39, 0.29) is 0 Å². The fourth-order valence-electron chi connectivity index (χ4n) is 0.838. The molecule has 0 bridgehead atoms. The summed E-state index contributed by atoms with van der Waals surface area (Å²) < 4.78 is 5.11.